The van der Waals surface area contributed by atoms with Crippen LogP contribution in [0.3, 0.4) is 0 Å². The molecule has 0 unspecified atom stereocenters. The van der Waals surface area contributed by atoms with Crippen molar-refractivity contribution in [1.82, 2.24) is 30.3 Å². The third-order valence-electron chi connectivity index (χ3n) is 4.33. The third-order valence-corrected chi connectivity index (χ3v) is 5.24. The number of hydrogen-bond donors (Lipinski definition) is 0. The van der Waals surface area contributed by atoms with E-state index in [-0.39, 0.29) is 5.82 Å². The lowest BCUT2D eigenvalue weighted by molar-refractivity contribution is 0.385. The zero-order valence-electron chi connectivity index (χ0n) is 16.0. The molecule has 0 N–H and O–H groups in total. The second kappa shape index (κ2) is 8.52. The molecule has 0 bridgehead atoms. The Morgan fingerprint density at radius 1 is 1.14 bits per heavy atom. The number of aromatic nitrogens is 6. The van der Waals surface area contributed by atoms with Crippen LogP contribution in [0, 0.1) is 5.82 Å². The molecule has 4 rings (SSSR count). The molecule has 9 heteroatoms. The first-order valence-corrected chi connectivity index (χ1v) is 10.1. The quantitative estimate of drug-likeness (QED) is 0.423. The van der Waals surface area contributed by atoms with E-state index < -0.39 is 0 Å². The molecule has 0 spiro atoms. The van der Waals surface area contributed by atoms with Crippen LogP contribution >= 0.6 is 11.8 Å². The summed E-state index contributed by atoms with van der Waals surface area (Å²) in [6.45, 7) is 4.31. The molecule has 148 valence electrons. The SMILES string of the molecule is CC(C)c1ccc(-n2nnnc2SCc2nc(Cc3cccc(F)c3)no2)cc1. The van der Waals surface area contributed by atoms with Gasteiger partial charge in [0.1, 0.15) is 5.82 Å². The Morgan fingerprint density at radius 2 is 1.97 bits per heavy atom. The number of thioether (sulfide) groups is 1. The lowest BCUT2D eigenvalue weighted by Gasteiger charge is -2.07. The molecule has 2 aromatic carbocycles. The highest BCUT2D eigenvalue weighted by Crippen LogP contribution is 2.23. The summed E-state index contributed by atoms with van der Waals surface area (Å²) in [6, 6.07) is 14.5. The van der Waals surface area contributed by atoms with Crippen LogP contribution in [0.25, 0.3) is 5.69 Å². The average molecular weight is 410 g/mol. The van der Waals surface area contributed by atoms with Gasteiger partial charge in [-0.25, -0.2) is 4.39 Å². The van der Waals surface area contributed by atoms with E-state index in [0.29, 0.717) is 35.0 Å². The molecule has 0 fully saturated rings. The highest BCUT2D eigenvalue weighted by molar-refractivity contribution is 7.98. The van der Waals surface area contributed by atoms with E-state index in [1.165, 1.54) is 29.5 Å². The Balaban J connectivity index is 1.41. The van der Waals surface area contributed by atoms with Crippen molar-refractivity contribution in [2.75, 3.05) is 0 Å². The van der Waals surface area contributed by atoms with Gasteiger partial charge in [0.15, 0.2) is 5.82 Å². The molecule has 0 aliphatic rings. The molecule has 7 nitrogen and oxygen atoms in total. The van der Waals surface area contributed by atoms with Gasteiger partial charge in [-0.1, -0.05) is 55.0 Å². The minimum atomic E-state index is -0.282. The van der Waals surface area contributed by atoms with Gasteiger partial charge >= 0.3 is 0 Å². The van der Waals surface area contributed by atoms with Crippen LogP contribution < -0.4 is 0 Å². The van der Waals surface area contributed by atoms with Crippen LogP contribution in [0.5, 0.6) is 0 Å². The summed E-state index contributed by atoms with van der Waals surface area (Å²) in [5.41, 5.74) is 2.94. The minimum absolute atomic E-state index is 0.282. The molecular formula is C20H19FN6OS. The molecule has 0 aliphatic carbocycles. The van der Waals surface area contributed by atoms with Crippen molar-refractivity contribution in [3.8, 4) is 5.69 Å². The molecule has 4 aromatic rings. The van der Waals surface area contributed by atoms with Gasteiger partial charge in [0, 0.05) is 6.42 Å². The van der Waals surface area contributed by atoms with Crippen molar-refractivity contribution in [1.29, 1.82) is 0 Å². The second-order valence-electron chi connectivity index (χ2n) is 6.82. The van der Waals surface area contributed by atoms with Crippen molar-refractivity contribution in [2.45, 2.75) is 37.1 Å². The van der Waals surface area contributed by atoms with Crippen molar-refractivity contribution in [3.05, 3.63) is 77.2 Å². The van der Waals surface area contributed by atoms with E-state index in [2.05, 4.69) is 51.6 Å². The van der Waals surface area contributed by atoms with Gasteiger partial charge in [0.05, 0.1) is 11.4 Å². The molecule has 0 aliphatic heterocycles. The maximum absolute atomic E-state index is 13.3. The Labute approximate surface area is 171 Å². The summed E-state index contributed by atoms with van der Waals surface area (Å²) < 4.78 is 20.3. The van der Waals surface area contributed by atoms with Crippen molar-refractivity contribution in [2.24, 2.45) is 0 Å². The van der Waals surface area contributed by atoms with Gasteiger partial charge in [0.25, 0.3) is 0 Å². The predicted molar refractivity (Wildman–Crippen MR) is 106 cm³/mol. The van der Waals surface area contributed by atoms with Crippen LogP contribution in [0.2, 0.25) is 0 Å². The number of rotatable bonds is 7. The molecule has 0 saturated carbocycles. The minimum Gasteiger partial charge on any atom is -0.338 e. The smallest absolute Gasteiger partial charge is 0.237 e. The van der Waals surface area contributed by atoms with Gasteiger partial charge in [0.2, 0.25) is 11.0 Å². The summed E-state index contributed by atoms with van der Waals surface area (Å²) >= 11 is 1.40. The molecule has 0 atom stereocenters. The normalized spacial score (nSPS) is 11.3. The van der Waals surface area contributed by atoms with Crippen LogP contribution in [-0.2, 0) is 12.2 Å². The van der Waals surface area contributed by atoms with E-state index in [1.54, 1.807) is 10.7 Å². The molecule has 2 heterocycles. The van der Waals surface area contributed by atoms with E-state index in [9.17, 15) is 4.39 Å². The fourth-order valence-corrected chi connectivity index (χ4v) is 3.54. The van der Waals surface area contributed by atoms with Gasteiger partial charge in [-0.15, -0.1) is 5.10 Å². The largest absolute Gasteiger partial charge is 0.338 e. The van der Waals surface area contributed by atoms with Crippen LogP contribution in [0.1, 0.15) is 42.6 Å². The van der Waals surface area contributed by atoms with Gasteiger partial charge in [-0.05, 0) is 51.7 Å². The third kappa shape index (κ3) is 4.68. The summed E-state index contributed by atoms with van der Waals surface area (Å²) in [5, 5.41) is 16.5. The van der Waals surface area contributed by atoms with Crippen molar-refractivity contribution >= 4 is 11.8 Å². The van der Waals surface area contributed by atoms with Gasteiger partial charge in [-0.2, -0.15) is 9.67 Å². The number of tetrazole rings is 1. The van der Waals surface area contributed by atoms with E-state index in [0.717, 1.165) is 11.3 Å². The van der Waals surface area contributed by atoms with Crippen molar-refractivity contribution in [3.63, 3.8) is 0 Å². The Morgan fingerprint density at radius 3 is 2.72 bits per heavy atom. The van der Waals surface area contributed by atoms with Crippen LogP contribution in [0.4, 0.5) is 4.39 Å². The molecule has 0 saturated heterocycles. The second-order valence-corrected chi connectivity index (χ2v) is 7.76. The molecule has 0 radical (unpaired) electrons. The molecule has 29 heavy (non-hydrogen) atoms. The maximum Gasteiger partial charge on any atom is 0.237 e. The first kappa shape index (κ1) is 19.3. The first-order chi connectivity index (χ1) is 14.1. The first-order valence-electron chi connectivity index (χ1n) is 9.16. The molecule has 0 amide bonds. The highest BCUT2D eigenvalue weighted by Gasteiger charge is 2.13. The summed E-state index contributed by atoms with van der Waals surface area (Å²) in [7, 11) is 0. The predicted octanol–water partition coefficient (Wildman–Crippen LogP) is 4.19. The maximum atomic E-state index is 13.3. The van der Waals surface area contributed by atoms with E-state index >= 15 is 0 Å². The Hall–Kier alpha value is -3.07. The lowest BCUT2D eigenvalue weighted by atomic mass is 10.0. The number of benzene rings is 2. The molecular weight excluding hydrogens is 391 g/mol. The molecule has 2 aromatic heterocycles. The van der Waals surface area contributed by atoms with Crippen molar-refractivity contribution < 1.29 is 8.91 Å². The van der Waals surface area contributed by atoms with Gasteiger partial charge < -0.3 is 4.52 Å². The summed E-state index contributed by atoms with van der Waals surface area (Å²) in [5.74, 6) is 1.59. The number of halogens is 1. The topological polar surface area (TPSA) is 82.5 Å². The van der Waals surface area contributed by atoms with Crippen LogP contribution in [0.15, 0.2) is 58.2 Å². The monoisotopic (exact) mass is 410 g/mol. The Bertz CT molecular complexity index is 1090. The van der Waals surface area contributed by atoms with E-state index in [1.807, 2.05) is 18.2 Å². The standard InChI is InChI=1S/C20H19FN6OS/c1-13(2)15-6-8-17(9-7-15)27-20(23-25-26-27)29-12-19-22-18(24-28-19)11-14-4-3-5-16(21)10-14/h3-10,13H,11-12H2,1-2H3. The number of hydrogen-bond acceptors (Lipinski definition) is 7. The fourth-order valence-electron chi connectivity index (χ4n) is 2.81. The summed E-state index contributed by atoms with van der Waals surface area (Å²) in [4.78, 5) is 4.37. The van der Waals surface area contributed by atoms with Gasteiger partial charge in [-0.3, -0.25) is 0 Å². The number of nitrogens with zero attached hydrogens (tertiary/aromatic N) is 6. The summed E-state index contributed by atoms with van der Waals surface area (Å²) in [6.07, 6.45) is 0.409. The zero-order valence-corrected chi connectivity index (χ0v) is 16.8. The lowest BCUT2D eigenvalue weighted by Crippen LogP contribution is -2.00. The average Bonchev–Trinajstić information content (AvgIpc) is 3.35. The fraction of sp³-hybridized carbons (Fsp3) is 0.250. The zero-order chi connectivity index (χ0) is 20.2. The Kier molecular flexibility index (Phi) is 5.66. The van der Waals surface area contributed by atoms with E-state index in [4.69, 9.17) is 4.52 Å². The van der Waals surface area contributed by atoms with Crippen LogP contribution in [-0.4, -0.2) is 30.3 Å². The highest BCUT2D eigenvalue weighted by atomic mass is 32.2.